The highest BCUT2D eigenvalue weighted by atomic mass is 16.5. The molecule has 2 aromatic carbocycles. The first-order valence-corrected chi connectivity index (χ1v) is 17.7. The third-order valence-corrected chi connectivity index (χ3v) is 11.4. The summed E-state index contributed by atoms with van der Waals surface area (Å²) >= 11 is 0. The lowest BCUT2D eigenvalue weighted by Gasteiger charge is -2.27. The van der Waals surface area contributed by atoms with Gasteiger partial charge in [-0.15, -0.1) is 0 Å². The molecule has 3 atom stereocenters. The number of rotatable bonds is 9. The highest BCUT2D eigenvalue weighted by molar-refractivity contribution is 6.00. The summed E-state index contributed by atoms with van der Waals surface area (Å²) in [6, 6.07) is 18.2. The number of hydrogen-bond acceptors (Lipinski definition) is 6. The minimum atomic E-state index is -0.417. The Hall–Kier alpha value is -4.86. The summed E-state index contributed by atoms with van der Waals surface area (Å²) in [4.78, 5) is 38.4. The lowest BCUT2D eigenvalue weighted by atomic mass is 10.0. The smallest absolute Gasteiger partial charge is 0.411 e. The van der Waals surface area contributed by atoms with Gasteiger partial charge in [0.15, 0.2) is 5.82 Å². The van der Waals surface area contributed by atoms with Gasteiger partial charge in [-0.1, -0.05) is 19.1 Å². The van der Waals surface area contributed by atoms with Gasteiger partial charge in [0.05, 0.1) is 30.6 Å². The van der Waals surface area contributed by atoms with Gasteiger partial charge in [0, 0.05) is 48.4 Å². The number of piperidine rings is 1. The molecule has 2 amide bonds. The first-order valence-electron chi connectivity index (χ1n) is 17.7. The van der Waals surface area contributed by atoms with Crippen LogP contribution in [0.1, 0.15) is 55.8 Å². The Kier molecular flexibility index (Phi) is 7.18. The number of nitrogens with zero attached hydrogens (tertiary/aromatic N) is 5. The molecular weight excluding hydrogens is 616 g/mol. The number of likely N-dealkylation sites (tertiary alicyclic amines) is 1. The number of benzene rings is 2. The van der Waals surface area contributed by atoms with Gasteiger partial charge < -0.3 is 23.5 Å². The van der Waals surface area contributed by atoms with Crippen LogP contribution in [0.5, 0.6) is 5.75 Å². The molecule has 4 fully saturated rings. The Morgan fingerprint density at radius 1 is 0.939 bits per heavy atom. The normalized spacial score (nSPS) is 21.5. The minimum Gasteiger partial charge on any atom is -0.494 e. The van der Waals surface area contributed by atoms with E-state index in [-0.39, 0.29) is 5.91 Å². The van der Waals surface area contributed by atoms with Crippen molar-refractivity contribution in [1.29, 1.82) is 0 Å². The molecule has 2 bridgehead atoms. The molecule has 4 aliphatic rings. The fourth-order valence-corrected chi connectivity index (χ4v) is 8.10. The van der Waals surface area contributed by atoms with Crippen LogP contribution in [0.2, 0.25) is 0 Å². The van der Waals surface area contributed by atoms with Crippen LogP contribution in [0.4, 0.5) is 10.5 Å². The van der Waals surface area contributed by atoms with Crippen LogP contribution in [-0.4, -0.2) is 62.3 Å². The molecule has 2 unspecified atom stereocenters. The highest BCUT2D eigenvalue weighted by Crippen LogP contribution is 2.44. The maximum Gasteiger partial charge on any atom is 0.411 e. The van der Waals surface area contributed by atoms with E-state index < -0.39 is 6.09 Å². The van der Waals surface area contributed by atoms with Crippen LogP contribution in [0.15, 0.2) is 54.6 Å². The van der Waals surface area contributed by atoms with Crippen LogP contribution >= 0.6 is 0 Å². The molecule has 49 heavy (non-hydrogen) atoms. The van der Waals surface area contributed by atoms with Gasteiger partial charge in [0.1, 0.15) is 16.9 Å². The third kappa shape index (κ3) is 5.41. The van der Waals surface area contributed by atoms with E-state index in [2.05, 4.69) is 38.4 Å². The van der Waals surface area contributed by atoms with Gasteiger partial charge in [-0.25, -0.2) is 14.8 Å². The first-order chi connectivity index (χ1) is 23.8. The molecule has 0 spiro atoms. The highest BCUT2D eigenvalue weighted by Gasteiger charge is 2.46. The summed E-state index contributed by atoms with van der Waals surface area (Å²) in [5, 5.41) is 3.87. The van der Waals surface area contributed by atoms with E-state index in [4.69, 9.17) is 19.4 Å². The fourth-order valence-electron chi connectivity index (χ4n) is 8.10. The summed E-state index contributed by atoms with van der Waals surface area (Å²) in [5.74, 6) is 3.83. The molecule has 3 aromatic heterocycles. The number of amides is 2. The summed E-state index contributed by atoms with van der Waals surface area (Å²) in [7, 11) is 3.68. The number of carbonyl (C=O) groups is 2. The summed E-state index contributed by atoms with van der Waals surface area (Å²) in [6.45, 7) is 4.47. The lowest BCUT2D eigenvalue weighted by Crippen LogP contribution is -2.38. The quantitative estimate of drug-likeness (QED) is 0.176. The van der Waals surface area contributed by atoms with Crippen molar-refractivity contribution < 1.29 is 19.1 Å². The summed E-state index contributed by atoms with van der Waals surface area (Å²) in [6.07, 6.45) is 6.57. The van der Waals surface area contributed by atoms with E-state index >= 15 is 0 Å². The number of hydrogen-bond donors (Lipinski definition) is 1. The van der Waals surface area contributed by atoms with Gasteiger partial charge in [-0.2, -0.15) is 0 Å². The number of ether oxygens (including phenoxy) is 2. The van der Waals surface area contributed by atoms with Crippen LogP contribution < -0.4 is 10.1 Å². The van der Waals surface area contributed by atoms with Crippen molar-refractivity contribution in [2.24, 2.45) is 30.7 Å². The van der Waals surface area contributed by atoms with Crippen LogP contribution in [0.3, 0.4) is 0 Å². The maximum absolute atomic E-state index is 13.8. The van der Waals surface area contributed by atoms with Crippen molar-refractivity contribution in [3.63, 3.8) is 0 Å². The van der Waals surface area contributed by atoms with Gasteiger partial charge in [0.2, 0.25) is 0 Å². The Balaban J connectivity index is 1.05. The summed E-state index contributed by atoms with van der Waals surface area (Å²) in [5.41, 5.74) is 6.67. The van der Waals surface area contributed by atoms with Crippen molar-refractivity contribution in [3.8, 4) is 28.5 Å². The molecular formula is C39H42N6O4. The van der Waals surface area contributed by atoms with E-state index in [9.17, 15) is 9.59 Å². The maximum atomic E-state index is 13.8. The predicted molar refractivity (Wildman–Crippen MR) is 189 cm³/mol. The second-order valence-electron chi connectivity index (χ2n) is 14.7. The standard InChI is InChI=1S/C39H42N6O4/c1-22-27-11-15-32(22)45(20-27)38(46)28-16-31-35(34(18-28)48-3)43(2)37(42-31)33-17-26-10-14-30(41-36(26)44(33)19-23-4-5-23)25-8-12-29(13-9-25)40-39(47)49-21-24-6-7-24/h8-10,12-14,16-18,22-24,27,32H,4-7,11,15,19-21H2,1-3H3,(H,40,47)/t22-,27?,32?/m1/s1. The Bertz CT molecular complexity index is 2110. The molecule has 0 radical (unpaired) electrons. The number of fused-ring (bicyclic) bond motifs is 4. The number of imidazole rings is 1. The molecule has 10 nitrogen and oxygen atoms in total. The number of anilines is 1. The van der Waals surface area contributed by atoms with Crippen LogP contribution in [-0.2, 0) is 18.3 Å². The predicted octanol–water partition coefficient (Wildman–Crippen LogP) is 7.50. The van der Waals surface area contributed by atoms with E-state index in [0.717, 1.165) is 77.2 Å². The molecule has 1 N–H and O–H groups in total. The lowest BCUT2D eigenvalue weighted by molar-refractivity contribution is 0.0695. The van der Waals surface area contributed by atoms with E-state index in [1.165, 1.54) is 19.3 Å². The number of aromatic nitrogens is 4. The number of nitrogens with one attached hydrogen (secondary N) is 1. The molecule has 9 rings (SSSR count). The van der Waals surface area contributed by atoms with Crippen molar-refractivity contribution in [2.75, 3.05) is 25.6 Å². The number of pyridine rings is 1. The van der Waals surface area contributed by atoms with Gasteiger partial charge in [0.25, 0.3) is 5.91 Å². The number of aryl methyl sites for hydroxylation is 1. The average molecular weight is 659 g/mol. The molecule has 5 aromatic rings. The molecule has 1 aliphatic heterocycles. The average Bonchev–Trinajstić information content (AvgIpc) is 4.02. The molecule has 252 valence electrons. The summed E-state index contributed by atoms with van der Waals surface area (Å²) < 4.78 is 15.6. The van der Waals surface area contributed by atoms with Gasteiger partial charge in [-0.3, -0.25) is 10.1 Å². The Morgan fingerprint density at radius 3 is 2.43 bits per heavy atom. The van der Waals surface area contributed by atoms with Crippen molar-refractivity contribution >= 4 is 39.8 Å². The van der Waals surface area contributed by atoms with E-state index in [1.807, 2.05) is 49.5 Å². The van der Waals surface area contributed by atoms with Gasteiger partial charge in [-0.05, 0) is 105 Å². The van der Waals surface area contributed by atoms with Crippen molar-refractivity contribution in [3.05, 3.63) is 60.2 Å². The molecule has 3 aliphatic carbocycles. The zero-order valence-electron chi connectivity index (χ0n) is 28.3. The van der Waals surface area contributed by atoms with Crippen LogP contribution in [0.25, 0.3) is 44.8 Å². The first kappa shape index (κ1) is 30.2. The topological polar surface area (TPSA) is 104 Å². The fraction of sp³-hybridized carbons (Fsp3) is 0.436. The minimum absolute atomic E-state index is 0.0725. The second-order valence-corrected chi connectivity index (χ2v) is 14.7. The van der Waals surface area contributed by atoms with E-state index in [0.29, 0.717) is 53.3 Å². The molecule has 10 heteroatoms. The van der Waals surface area contributed by atoms with Gasteiger partial charge >= 0.3 is 6.09 Å². The van der Waals surface area contributed by atoms with Crippen molar-refractivity contribution in [1.82, 2.24) is 24.0 Å². The van der Waals surface area contributed by atoms with Crippen LogP contribution in [0, 0.1) is 23.7 Å². The number of carbonyl (C=O) groups excluding carboxylic acids is 2. The molecule has 1 saturated heterocycles. The van der Waals surface area contributed by atoms with E-state index in [1.54, 1.807) is 7.11 Å². The number of methoxy groups -OCH3 is 1. The zero-order chi connectivity index (χ0) is 33.4. The molecule has 4 heterocycles. The molecule has 3 saturated carbocycles. The largest absolute Gasteiger partial charge is 0.494 e. The Labute approximate surface area is 285 Å². The van der Waals surface area contributed by atoms with Crippen molar-refractivity contribution in [2.45, 2.75) is 58.0 Å². The third-order valence-electron chi connectivity index (χ3n) is 11.4. The Morgan fingerprint density at radius 2 is 1.73 bits per heavy atom. The SMILES string of the molecule is COc1cc(C(=O)N2CC3CCC2[C@@H]3C)cc2nc(-c3cc4ccc(-c5ccc(NC(=O)OCC6CC6)cc5)nc4n3CC3CC3)n(C)c12. The monoisotopic (exact) mass is 658 g/mol. The zero-order valence-corrected chi connectivity index (χ0v) is 28.3. The second kappa shape index (κ2) is 11.6.